The van der Waals surface area contributed by atoms with Crippen molar-refractivity contribution >= 4 is 12.0 Å². The number of urea groups is 1. The van der Waals surface area contributed by atoms with Crippen LogP contribution in [0.1, 0.15) is 39.0 Å². The number of hydrogen-bond acceptors (Lipinski definition) is 3. The number of likely N-dealkylation sites (tertiary alicyclic amines) is 1. The van der Waals surface area contributed by atoms with Crippen LogP contribution in [0.5, 0.6) is 0 Å². The lowest BCUT2D eigenvalue weighted by atomic mass is 9.94. The van der Waals surface area contributed by atoms with Gasteiger partial charge in [0.25, 0.3) is 0 Å². The molecule has 0 aliphatic carbocycles. The number of carboxylic acids is 1. The molecule has 2 amide bonds. The number of hydrogen-bond donors (Lipinski definition) is 3. The molecular formula is C14H27N3O3. The Labute approximate surface area is 120 Å². The van der Waals surface area contributed by atoms with Crippen LogP contribution < -0.4 is 10.6 Å². The van der Waals surface area contributed by atoms with Gasteiger partial charge in [0, 0.05) is 6.54 Å². The summed E-state index contributed by atoms with van der Waals surface area (Å²) >= 11 is 0. The van der Waals surface area contributed by atoms with Crippen LogP contribution in [0.15, 0.2) is 0 Å². The number of nitrogens with one attached hydrogen (secondary N) is 2. The zero-order chi connectivity index (χ0) is 15.0. The van der Waals surface area contributed by atoms with Gasteiger partial charge >= 0.3 is 12.0 Å². The van der Waals surface area contributed by atoms with E-state index in [1.807, 2.05) is 6.92 Å². The van der Waals surface area contributed by atoms with Gasteiger partial charge in [-0.05, 0) is 51.7 Å². The zero-order valence-electron chi connectivity index (χ0n) is 12.5. The Kier molecular flexibility index (Phi) is 7.36. The third kappa shape index (κ3) is 6.23. The first-order valence-corrected chi connectivity index (χ1v) is 7.48. The quantitative estimate of drug-likeness (QED) is 0.658. The fourth-order valence-corrected chi connectivity index (χ4v) is 2.50. The van der Waals surface area contributed by atoms with Gasteiger partial charge < -0.3 is 20.6 Å². The summed E-state index contributed by atoms with van der Waals surface area (Å²) in [6, 6.07) is -1.16. The Morgan fingerprint density at radius 1 is 1.35 bits per heavy atom. The van der Waals surface area contributed by atoms with Crippen molar-refractivity contribution in [3.63, 3.8) is 0 Å². The van der Waals surface area contributed by atoms with E-state index in [1.165, 1.54) is 12.8 Å². The minimum atomic E-state index is -0.975. The summed E-state index contributed by atoms with van der Waals surface area (Å²) in [5, 5.41) is 14.2. The maximum atomic E-state index is 11.6. The Bertz CT molecular complexity index is 315. The van der Waals surface area contributed by atoms with E-state index in [0.29, 0.717) is 18.9 Å². The van der Waals surface area contributed by atoms with Gasteiger partial charge in [-0.15, -0.1) is 0 Å². The number of rotatable bonds is 7. The molecule has 0 spiro atoms. The Hall–Kier alpha value is -1.30. The smallest absolute Gasteiger partial charge is 0.326 e. The summed E-state index contributed by atoms with van der Waals surface area (Å²) < 4.78 is 0. The van der Waals surface area contributed by atoms with E-state index in [1.54, 1.807) is 0 Å². The minimum absolute atomic E-state index is 0.376. The van der Waals surface area contributed by atoms with E-state index in [-0.39, 0.29) is 6.03 Å². The fraction of sp³-hybridized carbons (Fsp3) is 0.857. The highest BCUT2D eigenvalue weighted by Crippen LogP contribution is 2.18. The first-order chi connectivity index (χ1) is 9.52. The Morgan fingerprint density at radius 3 is 2.55 bits per heavy atom. The molecule has 0 saturated carbocycles. The first kappa shape index (κ1) is 16.8. The number of piperidine rings is 1. The van der Waals surface area contributed by atoms with Crippen molar-refractivity contribution in [2.75, 3.05) is 26.7 Å². The van der Waals surface area contributed by atoms with Gasteiger partial charge in [0.15, 0.2) is 0 Å². The maximum Gasteiger partial charge on any atom is 0.326 e. The molecule has 1 saturated heterocycles. The summed E-state index contributed by atoms with van der Waals surface area (Å²) in [5.41, 5.74) is 0. The highest BCUT2D eigenvalue weighted by atomic mass is 16.4. The van der Waals surface area contributed by atoms with Crippen LogP contribution in [0, 0.1) is 5.92 Å². The SMILES string of the molecule is CCCC(NC(=O)NCCC1CCN(C)CC1)C(=O)O. The molecule has 0 aromatic carbocycles. The van der Waals surface area contributed by atoms with E-state index in [0.717, 1.165) is 25.9 Å². The molecule has 6 heteroatoms. The van der Waals surface area contributed by atoms with Crippen LogP contribution in [0.3, 0.4) is 0 Å². The van der Waals surface area contributed by atoms with Gasteiger partial charge in [-0.2, -0.15) is 0 Å². The van der Waals surface area contributed by atoms with Gasteiger partial charge in [-0.1, -0.05) is 13.3 Å². The number of nitrogens with zero attached hydrogens (tertiary/aromatic N) is 1. The molecule has 116 valence electrons. The summed E-state index contributed by atoms with van der Waals surface area (Å²) in [4.78, 5) is 24.9. The average Bonchev–Trinajstić information content (AvgIpc) is 2.40. The van der Waals surface area contributed by atoms with Crippen LogP contribution >= 0.6 is 0 Å². The first-order valence-electron chi connectivity index (χ1n) is 7.48. The van der Waals surface area contributed by atoms with Gasteiger partial charge in [0.1, 0.15) is 6.04 Å². The molecule has 0 aromatic rings. The van der Waals surface area contributed by atoms with Gasteiger partial charge in [0.2, 0.25) is 0 Å². The lowest BCUT2D eigenvalue weighted by Crippen LogP contribution is -2.46. The monoisotopic (exact) mass is 285 g/mol. The predicted octanol–water partition coefficient (Wildman–Crippen LogP) is 1.27. The van der Waals surface area contributed by atoms with Crippen molar-refractivity contribution < 1.29 is 14.7 Å². The molecule has 1 rings (SSSR count). The van der Waals surface area contributed by atoms with Crippen molar-refractivity contribution in [2.24, 2.45) is 5.92 Å². The van der Waals surface area contributed by atoms with Gasteiger partial charge in [0.05, 0.1) is 0 Å². The fourth-order valence-electron chi connectivity index (χ4n) is 2.50. The Morgan fingerprint density at radius 2 is 2.00 bits per heavy atom. The molecule has 1 atom stereocenters. The van der Waals surface area contributed by atoms with E-state index in [2.05, 4.69) is 22.6 Å². The lowest BCUT2D eigenvalue weighted by Gasteiger charge is -2.28. The molecule has 1 aliphatic rings. The second-order valence-corrected chi connectivity index (χ2v) is 5.62. The molecule has 1 aliphatic heterocycles. The van der Waals surface area contributed by atoms with E-state index in [9.17, 15) is 9.59 Å². The molecule has 6 nitrogen and oxygen atoms in total. The predicted molar refractivity (Wildman–Crippen MR) is 77.7 cm³/mol. The molecule has 20 heavy (non-hydrogen) atoms. The largest absolute Gasteiger partial charge is 0.480 e. The molecule has 1 unspecified atom stereocenters. The third-order valence-electron chi connectivity index (χ3n) is 3.86. The highest BCUT2D eigenvalue weighted by molar-refractivity contribution is 5.82. The summed E-state index contributed by atoms with van der Waals surface area (Å²) in [7, 11) is 2.13. The van der Waals surface area contributed by atoms with Crippen LogP contribution in [-0.4, -0.2) is 54.7 Å². The number of amides is 2. The van der Waals surface area contributed by atoms with Crippen molar-refractivity contribution in [1.82, 2.24) is 15.5 Å². The molecule has 0 radical (unpaired) electrons. The van der Waals surface area contributed by atoms with Crippen molar-refractivity contribution in [3.8, 4) is 0 Å². The van der Waals surface area contributed by atoms with Crippen molar-refractivity contribution in [2.45, 2.75) is 45.1 Å². The second kappa shape index (κ2) is 8.79. The van der Waals surface area contributed by atoms with Crippen LogP contribution in [0.25, 0.3) is 0 Å². The summed E-state index contributed by atoms with van der Waals surface area (Å²) in [6.07, 6.45) is 4.50. The summed E-state index contributed by atoms with van der Waals surface area (Å²) in [5.74, 6) is -0.310. The molecule has 3 N–H and O–H groups in total. The zero-order valence-corrected chi connectivity index (χ0v) is 12.5. The lowest BCUT2D eigenvalue weighted by molar-refractivity contribution is -0.139. The number of carbonyl (C=O) groups excluding carboxylic acids is 1. The molecular weight excluding hydrogens is 258 g/mol. The van der Waals surface area contributed by atoms with Crippen LogP contribution in [0.4, 0.5) is 4.79 Å². The standard InChI is InChI=1S/C14H27N3O3/c1-3-4-12(13(18)19)16-14(20)15-8-5-11-6-9-17(2)10-7-11/h11-12H,3-10H2,1-2H3,(H,18,19)(H2,15,16,20). The molecule has 0 bridgehead atoms. The second-order valence-electron chi connectivity index (χ2n) is 5.62. The number of carboxylic acid groups (broad SMARTS) is 1. The normalized spacial score (nSPS) is 18.5. The molecule has 1 heterocycles. The van der Waals surface area contributed by atoms with Crippen molar-refractivity contribution in [1.29, 1.82) is 0 Å². The maximum absolute atomic E-state index is 11.6. The molecule has 0 aromatic heterocycles. The van der Waals surface area contributed by atoms with Gasteiger partial charge in [-0.25, -0.2) is 9.59 Å². The summed E-state index contributed by atoms with van der Waals surface area (Å²) in [6.45, 7) is 4.75. The van der Waals surface area contributed by atoms with Crippen LogP contribution in [0.2, 0.25) is 0 Å². The minimum Gasteiger partial charge on any atom is -0.480 e. The van der Waals surface area contributed by atoms with Crippen molar-refractivity contribution in [3.05, 3.63) is 0 Å². The average molecular weight is 285 g/mol. The topological polar surface area (TPSA) is 81.7 Å². The third-order valence-corrected chi connectivity index (χ3v) is 3.86. The van der Waals surface area contributed by atoms with E-state index >= 15 is 0 Å². The van der Waals surface area contributed by atoms with Gasteiger partial charge in [-0.3, -0.25) is 0 Å². The molecule has 1 fully saturated rings. The van der Waals surface area contributed by atoms with E-state index < -0.39 is 12.0 Å². The Balaban J connectivity index is 2.17. The van der Waals surface area contributed by atoms with Crippen LogP contribution in [-0.2, 0) is 4.79 Å². The number of aliphatic carboxylic acids is 1. The number of carbonyl (C=O) groups is 2. The van der Waals surface area contributed by atoms with E-state index in [4.69, 9.17) is 5.11 Å². The highest BCUT2D eigenvalue weighted by Gasteiger charge is 2.19.